The summed E-state index contributed by atoms with van der Waals surface area (Å²) in [5.41, 5.74) is 2.21. The zero-order valence-electron chi connectivity index (χ0n) is 17.5. The van der Waals surface area contributed by atoms with Crippen LogP contribution in [0.2, 0.25) is 0 Å². The summed E-state index contributed by atoms with van der Waals surface area (Å²) in [6.07, 6.45) is 1.01. The van der Waals surface area contributed by atoms with E-state index in [1.54, 1.807) is 14.0 Å². The molecule has 0 fully saturated rings. The Morgan fingerprint density at radius 1 is 1.21 bits per heavy atom. The Labute approximate surface area is 187 Å². The molecular formula is C19H35IN4O3S. The SMILES string of the molecule is CCS(=O)(=O)NCCNC(=NC)NCc1ccc(C)cc1OCCC(C)C.I. The van der Waals surface area contributed by atoms with Crippen LogP contribution in [0.3, 0.4) is 0 Å². The third-order valence-electron chi connectivity index (χ3n) is 3.96. The van der Waals surface area contributed by atoms with E-state index in [0.29, 0.717) is 38.1 Å². The molecule has 162 valence electrons. The Balaban J connectivity index is 0.00000729. The van der Waals surface area contributed by atoms with Crippen LogP contribution in [0.1, 0.15) is 38.3 Å². The van der Waals surface area contributed by atoms with Crippen LogP contribution in [-0.4, -0.2) is 46.9 Å². The third-order valence-corrected chi connectivity index (χ3v) is 5.37. The van der Waals surface area contributed by atoms with Crippen molar-refractivity contribution < 1.29 is 13.2 Å². The molecule has 7 nitrogen and oxygen atoms in total. The Hall–Kier alpha value is -1.07. The molecule has 0 unspecified atom stereocenters. The highest BCUT2D eigenvalue weighted by Gasteiger charge is 2.08. The monoisotopic (exact) mass is 526 g/mol. The molecule has 0 atom stereocenters. The molecule has 1 aromatic rings. The van der Waals surface area contributed by atoms with E-state index in [9.17, 15) is 8.42 Å². The zero-order chi connectivity index (χ0) is 20.3. The molecule has 0 spiro atoms. The average molecular weight is 526 g/mol. The first-order valence-electron chi connectivity index (χ1n) is 9.41. The van der Waals surface area contributed by atoms with E-state index in [-0.39, 0.29) is 29.7 Å². The number of hydrogen-bond acceptors (Lipinski definition) is 4. The van der Waals surface area contributed by atoms with Crippen molar-refractivity contribution in [2.24, 2.45) is 10.9 Å². The van der Waals surface area contributed by atoms with Crippen molar-refractivity contribution in [3.8, 4) is 5.75 Å². The molecule has 0 radical (unpaired) electrons. The second-order valence-electron chi connectivity index (χ2n) is 6.79. The molecule has 0 aromatic heterocycles. The van der Waals surface area contributed by atoms with Gasteiger partial charge in [0.05, 0.1) is 12.4 Å². The van der Waals surface area contributed by atoms with Crippen molar-refractivity contribution in [3.63, 3.8) is 0 Å². The van der Waals surface area contributed by atoms with Crippen LogP contribution < -0.4 is 20.1 Å². The number of hydrogen-bond donors (Lipinski definition) is 3. The first-order chi connectivity index (χ1) is 12.8. The lowest BCUT2D eigenvalue weighted by molar-refractivity contribution is 0.286. The molecule has 1 rings (SSSR count). The number of ether oxygens (including phenoxy) is 1. The normalized spacial score (nSPS) is 11.9. The van der Waals surface area contributed by atoms with Crippen LogP contribution in [-0.2, 0) is 16.6 Å². The Bertz CT molecular complexity index is 709. The molecule has 28 heavy (non-hydrogen) atoms. The highest BCUT2D eigenvalue weighted by Crippen LogP contribution is 2.21. The molecule has 0 aliphatic carbocycles. The highest BCUT2D eigenvalue weighted by molar-refractivity contribution is 14.0. The Morgan fingerprint density at radius 3 is 2.54 bits per heavy atom. The number of nitrogens with one attached hydrogen (secondary N) is 3. The third kappa shape index (κ3) is 11.1. The minimum Gasteiger partial charge on any atom is -0.493 e. The standard InChI is InChI=1S/C19H34N4O3S.HI/c1-6-27(24,25)23-11-10-21-19(20-5)22-14-17-8-7-16(4)13-18(17)26-12-9-15(2)3;/h7-8,13,15,23H,6,9-12,14H2,1-5H3,(H2,20,21,22);1H. The predicted octanol–water partition coefficient (Wildman–Crippen LogP) is 2.64. The van der Waals surface area contributed by atoms with Gasteiger partial charge in [-0.3, -0.25) is 4.99 Å². The summed E-state index contributed by atoms with van der Waals surface area (Å²) in [5, 5.41) is 6.33. The number of guanidine groups is 1. The minimum atomic E-state index is -3.17. The maximum Gasteiger partial charge on any atom is 0.211 e. The van der Waals surface area contributed by atoms with Crippen LogP contribution in [0.5, 0.6) is 5.75 Å². The van der Waals surface area contributed by atoms with E-state index in [1.165, 1.54) is 0 Å². The average Bonchev–Trinajstić information content (AvgIpc) is 2.62. The number of rotatable bonds is 11. The van der Waals surface area contributed by atoms with Crippen LogP contribution >= 0.6 is 24.0 Å². The maximum atomic E-state index is 11.4. The zero-order valence-corrected chi connectivity index (χ0v) is 20.7. The first-order valence-corrected chi connectivity index (χ1v) is 11.1. The van der Waals surface area contributed by atoms with Gasteiger partial charge in [-0.25, -0.2) is 13.1 Å². The number of benzene rings is 1. The fraction of sp³-hybridized carbons (Fsp3) is 0.632. The number of halogens is 1. The summed E-state index contributed by atoms with van der Waals surface area (Å²) in [6.45, 7) is 10.0. The van der Waals surface area contributed by atoms with Crippen LogP contribution in [0.4, 0.5) is 0 Å². The van der Waals surface area contributed by atoms with Crippen LogP contribution in [0, 0.1) is 12.8 Å². The van der Waals surface area contributed by atoms with Gasteiger partial charge < -0.3 is 15.4 Å². The fourth-order valence-electron chi connectivity index (χ4n) is 2.24. The van der Waals surface area contributed by atoms with Gasteiger partial charge >= 0.3 is 0 Å². The van der Waals surface area contributed by atoms with Gasteiger partial charge in [-0.1, -0.05) is 26.0 Å². The van der Waals surface area contributed by atoms with Gasteiger partial charge in [-0.2, -0.15) is 0 Å². The van der Waals surface area contributed by atoms with Crippen LogP contribution in [0.15, 0.2) is 23.2 Å². The molecule has 3 N–H and O–H groups in total. The molecule has 0 aliphatic rings. The van der Waals surface area contributed by atoms with Gasteiger partial charge in [0.1, 0.15) is 5.75 Å². The van der Waals surface area contributed by atoms with E-state index in [4.69, 9.17) is 4.74 Å². The Morgan fingerprint density at radius 2 is 1.93 bits per heavy atom. The summed E-state index contributed by atoms with van der Waals surface area (Å²) in [7, 11) is -1.49. The quantitative estimate of drug-likeness (QED) is 0.179. The smallest absolute Gasteiger partial charge is 0.211 e. The van der Waals surface area contributed by atoms with Gasteiger partial charge in [-0.05, 0) is 37.8 Å². The van der Waals surface area contributed by atoms with E-state index < -0.39 is 10.0 Å². The number of aliphatic imine (C=N–C) groups is 1. The van der Waals surface area contributed by atoms with Crippen LogP contribution in [0.25, 0.3) is 0 Å². The fourth-order valence-corrected chi connectivity index (χ4v) is 2.85. The van der Waals surface area contributed by atoms with Gasteiger partial charge in [0.2, 0.25) is 10.0 Å². The number of aryl methyl sites for hydroxylation is 1. The summed E-state index contributed by atoms with van der Waals surface area (Å²) >= 11 is 0. The Kier molecular flexibility index (Phi) is 13.5. The van der Waals surface area contributed by atoms with E-state index in [1.807, 2.05) is 13.0 Å². The first kappa shape index (κ1) is 26.9. The molecular weight excluding hydrogens is 491 g/mol. The molecule has 0 heterocycles. The van der Waals surface area contributed by atoms with Crippen molar-refractivity contribution in [1.29, 1.82) is 0 Å². The molecule has 0 bridgehead atoms. The molecule has 0 saturated heterocycles. The van der Waals surface area contributed by atoms with Gasteiger partial charge in [0, 0.05) is 32.2 Å². The number of nitrogens with zero attached hydrogens (tertiary/aromatic N) is 1. The van der Waals surface area contributed by atoms with E-state index in [0.717, 1.165) is 23.3 Å². The summed E-state index contributed by atoms with van der Waals surface area (Å²) in [4.78, 5) is 4.17. The molecule has 0 aliphatic heterocycles. The number of sulfonamides is 1. The van der Waals surface area contributed by atoms with E-state index in [2.05, 4.69) is 46.3 Å². The lowest BCUT2D eigenvalue weighted by atomic mass is 10.1. The molecule has 9 heteroatoms. The molecule has 0 saturated carbocycles. The lowest BCUT2D eigenvalue weighted by Gasteiger charge is -2.16. The van der Waals surface area contributed by atoms with Crippen molar-refractivity contribution in [2.45, 2.75) is 40.7 Å². The molecule has 0 amide bonds. The van der Waals surface area contributed by atoms with Crippen molar-refractivity contribution >= 4 is 40.0 Å². The second-order valence-corrected chi connectivity index (χ2v) is 8.89. The van der Waals surface area contributed by atoms with Gasteiger partial charge in [0.15, 0.2) is 5.96 Å². The van der Waals surface area contributed by atoms with E-state index >= 15 is 0 Å². The summed E-state index contributed by atoms with van der Waals surface area (Å²) in [5.74, 6) is 2.17. The molecule has 1 aromatic carbocycles. The summed E-state index contributed by atoms with van der Waals surface area (Å²) < 4.78 is 31.3. The lowest BCUT2D eigenvalue weighted by Crippen LogP contribution is -2.41. The predicted molar refractivity (Wildman–Crippen MR) is 127 cm³/mol. The van der Waals surface area contributed by atoms with Gasteiger partial charge in [-0.15, -0.1) is 24.0 Å². The summed E-state index contributed by atoms with van der Waals surface area (Å²) in [6, 6.07) is 6.16. The highest BCUT2D eigenvalue weighted by atomic mass is 127. The topological polar surface area (TPSA) is 91.8 Å². The van der Waals surface area contributed by atoms with Crippen molar-refractivity contribution in [1.82, 2.24) is 15.4 Å². The largest absolute Gasteiger partial charge is 0.493 e. The van der Waals surface area contributed by atoms with Crippen molar-refractivity contribution in [3.05, 3.63) is 29.3 Å². The maximum absolute atomic E-state index is 11.4. The minimum absolute atomic E-state index is 0. The van der Waals surface area contributed by atoms with Crippen molar-refractivity contribution in [2.75, 3.05) is 32.5 Å². The van der Waals surface area contributed by atoms with Gasteiger partial charge in [0.25, 0.3) is 0 Å². The second kappa shape index (κ2) is 14.0.